The molecule has 0 saturated carbocycles. The fraction of sp³-hybridized carbons (Fsp3) is 1.00. The molecule has 2 heteroatoms. The van der Waals surface area contributed by atoms with Crippen LogP contribution in [0.2, 0.25) is 0 Å². The third-order valence-electron chi connectivity index (χ3n) is 5.07. The maximum atomic E-state index is 6.40. The largest absolute Gasteiger partial charge is 0.356 e. The predicted molar refractivity (Wildman–Crippen MR) is 85.5 cm³/mol. The summed E-state index contributed by atoms with van der Waals surface area (Å²) in [5.41, 5.74) is 0. The molecule has 1 fully saturated rings. The molecule has 1 aliphatic rings. The Kier molecular flexibility index (Phi) is 6.53. The molecule has 0 amide bonds. The summed E-state index contributed by atoms with van der Waals surface area (Å²) in [7, 11) is 1.80. The number of hydrogen-bond acceptors (Lipinski definition) is 2. The lowest BCUT2D eigenvalue weighted by molar-refractivity contribution is -0.274. The van der Waals surface area contributed by atoms with Crippen LogP contribution in [0.15, 0.2) is 0 Å². The molecule has 5 unspecified atom stereocenters. The second-order valence-electron chi connectivity index (χ2n) is 7.91. The van der Waals surface area contributed by atoms with Crippen molar-refractivity contribution >= 4 is 0 Å². The molecule has 0 spiro atoms. The van der Waals surface area contributed by atoms with Crippen LogP contribution >= 0.6 is 0 Å². The van der Waals surface area contributed by atoms with E-state index in [9.17, 15) is 0 Å². The van der Waals surface area contributed by atoms with Crippen molar-refractivity contribution in [3.63, 3.8) is 0 Å². The second kappa shape index (κ2) is 7.26. The minimum absolute atomic E-state index is 0.0511. The van der Waals surface area contributed by atoms with E-state index in [2.05, 4.69) is 55.4 Å². The zero-order chi connectivity index (χ0) is 15.6. The monoisotopic (exact) mass is 284 g/mol. The lowest BCUT2D eigenvalue weighted by atomic mass is 9.62. The summed E-state index contributed by atoms with van der Waals surface area (Å²) in [4.78, 5) is 0. The Hall–Kier alpha value is -0.0800. The molecule has 0 radical (unpaired) electrons. The van der Waals surface area contributed by atoms with Gasteiger partial charge < -0.3 is 9.47 Å². The standard InChI is InChI=1S/C18H36O2/c1-10(2)14-15(11(3)4)17(13(7)8)20-18(19-9)16(14)12(5)6/h10-18H,1-9H3. The van der Waals surface area contributed by atoms with Gasteiger partial charge in [-0.05, 0) is 35.5 Å². The Balaban J connectivity index is 3.20. The Labute approximate surface area is 126 Å². The fourth-order valence-corrected chi connectivity index (χ4v) is 4.28. The van der Waals surface area contributed by atoms with Crippen LogP contribution in [0.4, 0.5) is 0 Å². The summed E-state index contributed by atoms with van der Waals surface area (Å²) < 4.78 is 12.1. The van der Waals surface area contributed by atoms with Gasteiger partial charge in [-0.1, -0.05) is 55.4 Å². The predicted octanol–water partition coefficient (Wildman–Crippen LogP) is 4.83. The highest BCUT2D eigenvalue weighted by Gasteiger charge is 2.49. The van der Waals surface area contributed by atoms with Crippen LogP contribution in [0.25, 0.3) is 0 Å². The van der Waals surface area contributed by atoms with Crippen molar-refractivity contribution in [1.29, 1.82) is 0 Å². The number of hydrogen-bond donors (Lipinski definition) is 0. The molecular weight excluding hydrogens is 248 g/mol. The van der Waals surface area contributed by atoms with Gasteiger partial charge in [0.2, 0.25) is 0 Å². The summed E-state index contributed by atoms with van der Waals surface area (Å²) in [5, 5.41) is 0. The van der Waals surface area contributed by atoms with E-state index >= 15 is 0 Å². The molecule has 1 heterocycles. The molecule has 1 saturated heterocycles. The van der Waals surface area contributed by atoms with Crippen molar-refractivity contribution < 1.29 is 9.47 Å². The zero-order valence-electron chi connectivity index (χ0n) is 15.0. The molecule has 0 N–H and O–H groups in total. The molecule has 5 atom stereocenters. The van der Waals surface area contributed by atoms with Crippen LogP contribution < -0.4 is 0 Å². The van der Waals surface area contributed by atoms with Gasteiger partial charge in [0.05, 0.1) is 6.10 Å². The number of rotatable bonds is 5. The van der Waals surface area contributed by atoms with Gasteiger partial charge in [-0.25, -0.2) is 0 Å². The van der Waals surface area contributed by atoms with E-state index in [0.717, 1.165) is 0 Å². The Morgan fingerprint density at radius 3 is 1.40 bits per heavy atom. The van der Waals surface area contributed by atoms with Gasteiger partial charge in [0, 0.05) is 13.0 Å². The Morgan fingerprint density at radius 1 is 0.650 bits per heavy atom. The van der Waals surface area contributed by atoms with E-state index in [0.29, 0.717) is 47.5 Å². The highest BCUT2D eigenvalue weighted by Crippen LogP contribution is 2.48. The summed E-state index contributed by atoms with van der Waals surface area (Å²) in [6.45, 7) is 18.6. The molecule has 2 nitrogen and oxygen atoms in total. The third kappa shape index (κ3) is 3.57. The molecular formula is C18H36O2. The first-order valence-corrected chi connectivity index (χ1v) is 8.40. The zero-order valence-corrected chi connectivity index (χ0v) is 15.0. The van der Waals surface area contributed by atoms with Crippen molar-refractivity contribution in [2.45, 2.75) is 67.8 Å². The van der Waals surface area contributed by atoms with E-state index < -0.39 is 0 Å². The fourth-order valence-electron chi connectivity index (χ4n) is 4.28. The van der Waals surface area contributed by atoms with E-state index in [1.807, 2.05) is 0 Å². The summed E-state index contributed by atoms with van der Waals surface area (Å²) in [6.07, 6.45) is 0.257. The first kappa shape index (κ1) is 18.0. The lowest BCUT2D eigenvalue weighted by Crippen LogP contribution is -2.54. The van der Waals surface area contributed by atoms with Crippen molar-refractivity contribution in [3.8, 4) is 0 Å². The molecule has 20 heavy (non-hydrogen) atoms. The lowest BCUT2D eigenvalue weighted by Gasteiger charge is -2.52. The Morgan fingerprint density at radius 2 is 1.10 bits per heavy atom. The summed E-state index contributed by atoms with van der Waals surface area (Å²) in [6, 6.07) is 0. The minimum Gasteiger partial charge on any atom is -0.356 e. The van der Waals surface area contributed by atoms with Gasteiger partial charge in [-0.3, -0.25) is 0 Å². The van der Waals surface area contributed by atoms with Gasteiger partial charge in [0.15, 0.2) is 6.29 Å². The normalized spacial score (nSPS) is 35.5. The first-order valence-electron chi connectivity index (χ1n) is 8.40. The van der Waals surface area contributed by atoms with Gasteiger partial charge in [-0.2, -0.15) is 0 Å². The van der Waals surface area contributed by atoms with Gasteiger partial charge in [0.1, 0.15) is 0 Å². The maximum Gasteiger partial charge on any atom is 0.160 e. The number of ether oxygens (including phenoxy) is 2. The molecule has 0 aromatic heterocycles. The van der Waals surface area contributed by atoms with Crippen molar-refractivity contribution in [1.82, 2.24) is 0 Å². The van der Waals surface area contributed by atoms with E-state index in [1.54, 1.807) is 7.11 Å². The first-order chi connectivity index (χ1) is 9.22. The SMILES string of the molecule is COC1OC(C(C)C)C(C(C)C)C(C(C)C)C1C(C)C. The Bertz CT molecular complexity index is 283. The molecule has 0 bridgehead atoms. The second-order valence-corrected chi connectivity index (χ2v) is 7.91. The number of methoxy groups -OCH3 is 1. The highest BCUT2D eigenvalue weighted by atomic mass is 16.7. The van der Waals surface area contributed by atoms with Crippen LogP contribution in [0, 0.1) is 41.4 Å². The molecule has 1 rings (SSSR count). The average molecular weight is 284 g/mol. The smallest absolute Gasteiger partial charge is 0.160 e. The van der Waals surface area contributed by atoms with Crippen LogP contribution in [-0.2, 0) is 9.47 Å². The molecule has 0 aromatic carbocycles. The summed E-state index contributed by atoms with van der Waals surface area (Å²) in [5.74, 6) is 4.21. The topological polar surface area (TPSA) is 18.5 Å². The van der Waals surface area contributed by atoms with E-state index in [-0.39, 0.29) is 6.29 Å². The quantitative estimate of drug-likeness (QED) is 0.720. The van der Waals surface area contributed by atoms with Crippen LogP contribution in [0.5, 0.6) is 0 Å². The van der Waals surface area contributed by atoms with Crippen molar-refractivity contribution in [2.75, 3.05) is 7.11 Å². The molecule has 120 valence electrons. The minimum atomic E-state index is -0.0511. The van der Waals surface area contributed by atoms with E-state index in [4.69, 9.17) is 9.47 Å². The van der Waals surface area contributed by atoms with Crippen molar-refractivity contribution in [2.24, 2.45) is 41.4 Å². The molecule has 1 aliphatic heterocycles. The van der Waals surface area contributed by atoms with E-state index in [1.165, 1.54) is 0 Å². The summed E-state index contributed by atoms with van der Waals surface area (Å²) >= 11 is 0. The average Bonchev–Trinajstić information content (AvgIpc) is 2.35. The van der Waals surface area contributed by atoms with Gasteiger partial charge >= 0.3 is 0 Å². The highest BCUT2D eigenvalue weighted by molar-refractivity contribution is 4.93. The third-order valence-corrected chi connectivity index (χ3v) is 5.07. The van der Waals surface area contributed by atoms with Crippen LogP contribution in [-0.4, -0.2) is 19.5 Å². The molecule has 0 aromatic rings. The molecule has 0 aliphatic carbocycles. The maximum absolute atomic E-state index is 6.40. The van der Waals surface area contributed by atoms with Gasteiger partial charge in [0.25, 0.3) is 0 Å². The van der Waals surface area contributed by atoms with Gasteiger partial charge in [-0.15, -0.1) is 0 Å². The van der Waals surface area contributed by atoms with Crippen molar-refractivity contribution in [3.05, 3.63) is 0 Å². The van der Waals surface area contributed by atoms with Crippen LogP contribution in [0.1, 0.15) is 55.4 Å². The van der Waals surface area contributed by atoms with Crippen LogP contribution in [0.3, 0.4) is 0 Å².